The number of ketones is 1. The Bertz CT molecular complexity index is 1150. The Morgan fingerprint density at radius 1 is 1.20 bits per heavy atom. The van der Waals surface area contributed by atoms with E-state index >= 15 is 0 Å². The Morgan fingerprint density at radius 2 is 1.93 bits per heavy atom. The van der Waals surface area contributed by atoms with E-state index in [1.807, 2.05) is 0 Å². The van der Waals surface area contributed by atoms with E-state index in [2.05, 4.69) is 4.72 Å². The number of sulfonamides is 1. The molecule has 1 saturated carbocycles. The highest BCUT2D eigenvalue weighted by Crippen LogP contribution is 2.49. The van der Waals surface area contributed by atoms with Gasteiger partial charge in [-0.15, -0.1) is 0 Å². The zero-order chi connectivity index (χ0) is 21.5. The largest absolute Gasteiger partial charge is 0.506 e. The second-order valence-corrected chi connectivity index (χ2v) is 10.0. The summed E-state index contributed by atoms with van der Waals surface area (Å²) in [4.78, 5) is 25.5. The number of aromatic hydroxyl groups is 1. The molecule has 30 heavy (non-hydrogen) atoms. The molecule has 2 N–H and O–H groups in total. The van der Waals surface area contributed by atoms with Crippen LogP contribution < -0.4 is 10.3 Å². The molecule has 2 aliphatic carbocycles. The van der Waals surface area contributed by atoms with E-state index < -0.39 is 21.6 Å². The van der Waals surface area contributed by atoms with Crippen LogP contribution in [-0.4, -0.2) is 25.1 Å². The molecular weight excluding hydrogens is 406 g/mol. The van der Waals surface area contributed by atoms with E-state index in [1.165, 1.54) is 0 Å². The topological polar surface area (TPSA) is 114 Å². The lowest BCUT2D eigenvalue weighted by Crippen LogP contribution is -2.20. The lowest BCUT2D eigenvalue weighted by Gasteiger charge is -2.20. The number of hydrogen-bond acceptors (Lipinski definition) is 6. The maximum absolute atomic E-state index is 12.9. The summed E-state index contributed by atoms with van der Waals surface area (Å²) in [5.41, 5.74) is 0.710. The third-order valence-corrected chi connectivity index (χ3v) is 7.15. The zero-order valence-electron chi connectivity index (χ0n) is 16.8. The molecule has 0 saturated heterocycles. The van der Waals surface area contributed by atoms with Crippen LogP contribution in [0, 0.1) is 5.92 Å². The predicted molar refractivity (Wildman–Crippen MR) is 113 cm³/mol. The van der Waals surface area contributed by atoms with Crippen molar-refractivity contribution >= 4 is 21.5 Å². The maximum Gasteiger partial charge on any atom is 0.343 e. The lowest BCUT2D eigenvalue weighted by atomic mass is 9.86. The van der Waals surface area contributed by atoms with Crippen LogP contribution in [0.25, 0.3) is 0 Å². The lowest BCUT2D eigenvalue weighted by molar-refractivity contribution is 0.0976. The molecule has 0 bridgehead atoms. The number of anilines is 1. The number of rotatable bonds is 6. The number of hydrogen-bond donors (Lipinski definition) is 2. The van der Waals surface area contributed by atoms with Gasteiger partial charge in [-0.1, -0.05) is 12.1 Å². The van der Waals surface area contributed by atoms with Crippen LogP contribution in [0.5, 0.6) is 5.75 Å². The van der Waals surface area contributed by atoms with Crippen molar-refractivity contribution in [2.45, 2.75) is 51.4 Å². The number of fused-ring (bicyclic) bond motifs is 1. The first-order valence-corrected chi connectivity index (χ1v) is 12.0. The van der Waals surface area contributed by atoms with E-state index in [9.17, 15) is 23.1 Å². The Kier molecular flexibility index (Phi) is 5.44. The normalized spacial score (nSPS) is 17.8. The van der Waals surface area contributed by atoms with Crippen LogP contribution in [0.2, 0.25) is 0 Å². The Hall–Kier alpha value is -2.61. The first kappa shape index (κ1) is 20.7. The van der Waals surface area contributed by atoms with E-state index in [1.54, 1.807) is 31.2 Å². The molecule has 1 fully saturated rings. The van der Waals surface area contributed by atoms with Gasteiger partial charge >= 0.3 is 5.63 Å². The van der Waals surface area contributed by atoms with E-state index in [0.29, 0.717) is 30.5 Å². The number of benzene rings is 1. The van der Waals surface area contributed by atoms with Gasteiger partial charge in [0.2, 0.25) is 10.0 Å². The number of nitrogens with one attached hydrogen (secondary N) is 1. The first-order valence-electron chi connectivity index (χ1n) is 10.3. The minimum absolute atomic E-state index is 0.0550. The maximum atomic E-state index is 12.9. The van der Waals surface area contributed by atoms with Gasteiger partial charge in [-0.2, -0.15) is 0 Å². The number of Topliss-reactive ketones (excluding diaryl/α,β-unsaturated/α-hetero) is 1. The van der Waals surface area contributed by atoms with Crippen molar-refractivity contribution in [3.8, 4) is 5.75 Å². The molecule has 0 amide bonds. The first-order chi connectivity index (χ1) is 14.3. The quantitative estimate of drug-likeness (QED) is 0.676. The fourth-order valence-electron chi connectivity index (χ4n) is 4.17. The fraction of sp³-hybridized carbons (Fsp3) is 0.455. The highest BCUT2D eigenvalue weighted by molar-refractivity contribution is 7.92. The van der Waals surface area contributed by atoms with Gasteiger partial charge in [0.1, 0.15) is 11.5 Å². The molecule has 1 aromatic heterocycles. The van der Waals surface area contributed by atoms with E-state index in [-0.39, 0.29) is 40.1 Å². The Morgan fingerprint density at radius 3 is 2.63 bits per heavy atom. The fourth-order valence-corrected chi connectivity index (χ4v) is 4.80. The molecule has 2 aliphatic rings. The summed E-state index contributed by atoms with van der Waals surface area (Å²) in [6, 6.07) is 6.84. The van der Waals surface area contributed by atoms with Gasteiger partial charge in [0.15, 0.2) is 5.78 Å². The SMILES string of the molecule is CCS(=O)(=O)Nc1cccc(C(c2c(O)c3c(oc2=O)CCCCC3=O)C2CC2)c1. The van der Waals surface area contributed by atoms with Gasteiger partial charge in [0, 0.05) is 24.4 Å². The predicted octanol–water partition coefficient (Wildman–Crippen LogP) is 3.56. The standard InChI is InChI=1S/C22H25NO6S/c1-2-30(27,28)23-15-7-5-6-14(12-15)18(13-10-11-13)20-21(25)19-16(24)8-3-4-9-17(19)29-22(20)26/h5-7,12-13,18,23,25H,2-4,8-11H2,1H3. The molecule has 2 aromatic rings. The molecule has 1 heterocycles. The summed E-state index contributed by atoms with van der Waals surface area (Å²) in [5, 5.41) is 11.0. The zero-order valence-corrected chi connectivity index (χ0v) is 17.6. The van der Waals surface area contributed by atoms with E-state index in [0.717, 1.165) is 19.3 Å². The van der Waals surface area contributed by atoms with Crippen LogP contribution in [0.3, 0.4) is 0 Å². The summed E-state index contributed by atoms with van der Waals surface area (Å²) >= 11 is 0. The molecule has 0 spiro atoms. The van der Waals surface area contributed by atoms with Crippen molar-refractivity contribution in [1.82, 2.24) is 0 Å². The van der Waals surface area contributed by atoms with Crippen molar-refractivity contribution in [3.05, 3.63) is 57.1 Å². The Labute approximate surface area is 175 Å². The highest BCUT2D eigenvalue weighted by atomic mass is 32.2. The van der Waals surface area contributed by atoms with Crippen molar-refractivity contribution in [2.75, 3.05) is 10.5 Å². The van der Waals surface area contributed by atoms with Crippen LogP contribution in [0.1, 0.15) is 72.2 Å². The number of carbonyl (C=O) groups excluding carboxylic acids is 1. The van der Waals surface area contributed by atoms with Crippen LogP contribution in [-0.2, 0) is 16.4 Å². The molecule has 1 atom stereocenters. The van der Waals surface area contributed by atoms with Crippen molar-refractivity contribution in [2.24, 2.45) is 5.92 Å². The molecule has 7 nitrogen and oxygen atoms in total. The summed E-state index contributed by atoms with van der Waals surface area (Å²) in [7, 11) is -3.45. The van der Waals surface area contributed by atoms with Gasteiger partial charge in [-0.3, -0.25) is 9.52 Å². The minimum Gasteiger partial charge on any atom is -0.506 e. The molecule has 8 heteroatoms. The van der Waals surface area contributed by atoms with Crippen molar-refractivity contribution in [1.29, 1.82) is 0 Å². The molecule has 4 rings (SSSR count). The monoisotopic (exact) mass is 431 g/mol. The third-order valence-electron chi connectivity index (χ3n) is 5.85. The van der Waals surface area contributed by atoms with Crippen LogP contribution >= 0.6 is 0 Å². The molecular formula is C22H25NO6S. The van der Waals surface area contributed by atoms with Gasteiger partial charge < -0.3 is 9.52 Å². The van der Waals surface area contributed by atoms with Crippen LogP contribution in [0.15, 0.2) is 33.5 Å². The summed E-state index contributed by atoms with van der Waals surface area (Å²) in [6.45, 7) is 1.55. The average Bonchev–Trinajstić information content (AvgIpc) is 3.53. The molecule has 0 radical (unpaired) electrons. The van der Waals surface area contributed by atoms with Gasteiger partial charge in [0.25, 0.3) is 0 Å². The second kappa shape index (κ2) is 7.91. The summed E-state index contributed by atoms with van der Waals surface area (Å²) in [6.07, 6.45) is 3.94. The van der Waals surface area contributed by atoms with Crippen molar-refractivity contribution < 1.29 is 22.7 Å². The van der Waals surface area contributed by atoms with Gasteiger partial charge in [-0.25, -0.2) is 13.2 Å². The minimum atomic E-state index is -3.45. The van der Waals surface area contributed by atoms with E-state index in [4.69, 9.17) is 4.42 Å². The third kappa shape index (κ3) is 4.01. The van der Waals surface area contributed by atoms with Crippen molar-refractivity contribution in [3.63, 3.8) is 0 Å². The number of carbonyl (C=O) groups is 1. The molecule has 160 valence electrons. The average molecular weight is 432 g/mol. The van der Waals surface area contributed by atoms with Gasteiger partial charge in [0.05, 0.1) is 16.9 Å². The van der Waals surface area contributed by atoms with Gasteiger partial charge in [-0.05, 0) is 56.2 Å². The highest BCUT2D eigenvalue weighted by Gasteiger charge is 2.39. The summed E-state index contributed by atoms with van der Waals surface area (Å²) in [5.74, 6) is -0.610. The Balaban J connectivity index is 1.82. The smallest absolute Gasteiger partial charge is 0.343 e. The molecule has 1 unspecified atom stereocenters. The van der Waals surface area contributed by atoms with Crippen LogP contribution in [0.4, 0.5) is 5.69 Å². The summed E-state index contributed by atoms with van der Waals surface area (Å²) < 4.78 is 31.9. The molecule has 1 aromatic carbocycles. The molecule has 0 aliphatic heterocycles. The number of aryl methyl sites for hydroxylation is 1. The second-order valence-electron chi connectivity index (χ2n) is 8.03.